The van der Waals surface area contributed by atoms with Gasteiger partial charge in [0, 0.05) is 57.1 Å². The molecule has 0 unspecified atom stereocenters. The van der Waals surface area contributed by atoms with Crippen molar-refractivity contribution in [1.29, 1.82) is 0 Å². The normalized spacial score (nSPS) is 13.9. The number of aromatic nitrogens is 3. The number of anilines is 1. The van der Waals surface area contributed by atoms with Gasteiger partial charge in [-0.3, -0.25) is 9.59 Å². The van der Waals surface area contributed by atoms with E-state index < -0.39 is 0 Å². The molecule has 2 aromatic heterocycles. The number of ether oxygens (including phenoxy) is 1. The van der Waals surface area contributed by atoms with Crippen LogP contribution in [-0.2, 0) is 11.3 Å². The minimum atomic E-state index is -0.328. The van der Waals surface area contributed by atoms with E-state index in [0.717, 1.165) is 30.1 Å². The van der Waals surface area contributed by atoms with E-state index in [1.807, 2.05) is 29.2 Å². The van der Waals surface area contributed by atoms with E-state index in [2.05, 4.69) is 10.00 Å². The van der Waals surface area contributed by atoms with Gasteiger partial charge in [0.25, 0.3) is 5.56 Å². The van der Waals surface area contributed by atoms with Crippen LogP contribution in [0.5, 0.6) is 5.75 Å². The molecule has 1 saturated heterocycles. The highest BCUT2D eigenvalue weighted by Crippen LogP contribution is 2.28. The van der Waals surface area contributed by atoms with Crippen molar-refractivity contribution in [3.63, 3.8) is 0 Å². The molecule has 1 aliphatic rings. The maximum Gasteiger partial charge on any atom is 0.276 e. The Labute approximate surface area is 201 Å². The second-order valence-electron chi connectivity index (χ2n) is 8.45. The minimum Gasteiger partial charge on any atom is -0.495 e. The third-order valence-corrected chi connectivity index (χ3v) is 6.37. The van der Waals surface area contributed by atoms with Crippen molar-refractivity contribution >= 4 is 17.1 Å². The smallest absolute Gasteiger partial charge is 0.276 e. The molecule has 0 saturated carbocycles. The first-order valence-electron chi connectivity index (χ1n) is 11.5. The molecule has 1 amide bonds. The van der Waals surface area contributed by atoms with Crippen LogP contribution in [0.25, 0.3) is 16.8 Å². The first-order valence-corrected chi connectivity index (χ1v) is 11.5. The van der Waals surface area contributed by atoms with Crippen molar-refractivity contribution in [3.8, 4) is 17.0 Å². The van der Waals surface area contributed by atoms with Crippen LogP contribution in [0.15, 0.2) is 71.8 Å². The van der Waals surface area contributed by atoms with Crippen molar-refractivity contribution in [2.45, 2.75) is 13.0 Å². The third-order valence-electron chi connectivity index (χ3n) is 6.37. The number of nitrogens with zero attached hydrogens (tertiary/aromatic N) is 5. The van der Waals surface area contributed by atoms with Gasteiger partial charge in [0.2, 0.25) is 5.91 Å². The highest BCUT2D eigenvalue weighted by molar-refractivity contribution is 5.76. The van der Waals surface area contributed by atoms with E-state index in [4.69, 9.17) is 4.74 Å². The molecule has 0 atom stereocenters. The van der Waals surface area contributed by atoms with Crippen LogP contribution < -0.4 is 15.2 Å². The summed E-state index contributed by atoms with van der Waals surface area (Å²) in [4.78, 5) is 29.9. The summed E-state index contributed by atoms with van der Waals surface area (Å²) < 4.78 is 21.7. The average molecular weight is 476 g/mol. The quantitative estimate of drug-likeness (QED) is 0.429. The van der Waals surface area contributed by atoms with Crippen molar-refractivity contribution in [3.05, 3.63) is 83.2 Å². The summed E-state index contributed by atoms with van der Waals surface area (Å²) in [7, 11) is 1.66. The number of carbonyl (C=O) groups excluding carboxylic acids is 1. The van der Waals surface area contributed by atoms with E-state index in [9.17, 15) is 14.0 Å². The zero-order chi connectivity index (χ0) is 24.4. The first-order chi connectivity index (χ1) is 17.0. The zero-order valence-corrected chi connectivity index (χ0v) is 19.4. The maximum atomic E-state index is 13.2. The average Bonchev–Trinajstić information content (AvgIpc) is 3.34. The summed E-state index contributed by atoms with van der Waals surface area (Å²) in [6, 6.07) is 15.5. The number of aryl methyl sites for hydroxylation is 1. The molecule has 8 nitrogen and oxygen atoms in total. The molecule has 0 aliphatic carbocycles. The standard InChI is InChI=1S/C26H26FN5O3/c1-35-24-5-3-2-4-22(24)29-12-14-30(15-13-29)25(33)10-11-31-16-17-32-23(26(31)34)18-21(28-32)19-6-8-20(27)9-7-19/h2-9,16-18H,10-15H2,1H3. The van der Waals surface area contributed by atoms with E-state index >= 15 is 0 Å². The molecule has 2 aromatic carbocycles. The number of fused-ring (bicyclic) bond motifs is 1. The predicted octanol–water partition coefficient (Wildman–Crippen LogP) is 3.05. The summed E-state index contributed by atoms with van der Waals surface area (Å²) in [6.07, 6.45) is 3.58. The van der Waals surface area contributed by atoms with E-state index in [-0.39, 0.29) is 30.2 Å². The highest BCUT2D eigenvalue weighted by atomic mass is 19.1. The molecule has 4 aromatic rings. The van der Waals surface area contributed by atoms with Crippen molar-refractivity contribution in [1.82, 2.24) is 19.1 Å². The predicted molar refractivity (Wildman–Crippen MR) is 131 cm³/mol. The Morgan fingerprint density at radius 1 is 1.03 bits per heavy atom. The SMILES string of the molecule is COc1ccccc1N1CCN(C(=O)CCn2ccn3nc(-c4ccc(F)cc4)cc3c2=O)CC1. The second kappa shape index (κ2) is 9.61. The number of hydrogen-bond acceptors (Lipinski definition) is 5. The Bertz CT molecular complexity index is 1400. The molecule has 0 N–H and O–H groups in total. The summed E-state index contributed by atoms with van der Waals surface area (Å²) in [6.45, 7) is 2.97. The van der Waals surface area contributed by atoms with Gasteiger partial charge < -0.3 is 19.1 Å². The van der Waals surface area contributed by atoms with Gasteiger partial charge in [-0.15, -0.1) is 0 Å². The number of para-hydroxylation sites is 2. The van der Waals surface area contributed by atoms with Crippen LogP contribution in [0.4, 0.5) is 10.1 Å². The van der Waals surface area contributed by atoms with Gasteiger partial charge in [-0.2, -0.15) is 5.10 Å². The first kappa shape index (κ1) is 22.6. The Kier molecular flexibility index (Phi) is 6.22. The number of amides is 1. The molecular formula is C26H26FN5O3. The molecule has 35 heavy (non-hydrogen) atoms. The van der Waals surface area contributed by atoms with Gasteiger partial charge >= 0.3 is 0 Å². The molecule has 1 aliphatic heterocycles. The molecule has 0 bridgehead atoms. The molecule has 5 rings (SSSR count). The number of hydrogen-bond donors (Lipinski definition) is 0. The number of benzene rings is 2. The molecule has 9 heteroatoms. The van der Waals surface area contributed by atoms with Crippen molar-refractivity contribution in [2.24, 2.45) is 0 Å². The van der Waals surface area contributed by atoms with Gasteiger partial charge in [-0.1, -0.05) is 12.1 Å². The van der Waals surface area contributed by atoms with E-state index in [1.54, 1.807) is 37.7 Å². The van der Waals surface area contributed by atoms with Gasteiger partial charge in [-0.05, 0) is 42.5 Å². The number of methoxy groups -OCH3 is 1. The van der Waals surface area contributed by atoms with Gasteiger partial charge in [-0.25, -0.2) is 8.91 Å². The van der Waals surface area contributed by atoms with Crippen molar-refractivity contribution in [2.75, 3.05) is 38.2 Å². The van der Waals surface area contributed by atoms with Crippen LogP contribution in [-0.4, -0.2) is 58.3 Å². The topological polar surface area (TPSA) is 72.1 Å². The number of rotatable bonds is 6. The van der Waals surface area contributed by atoms with E-state index in [1.165, 1.54) is 21.2 Å². The van der Waals surface area contributed by atoms with Crippen molar-refractivity contribution < 1.29 is 13.9 Å². The summed E-state index contributed by atoms with van der Waals surface area (Å²) in [5.74, 6) is 0.521. The Hall–Kier alpha value is -4.14. The monoisotopic (exact) mass is 475 g/mol. The lowest BCUT2D eigenvalue weighted by Gasteiger charge is -2.36. The lowest BCUT2D eigenvalue weighted by Crippen LogP contribution is -2.49. The summed E-state index contributed by atoms with van der Waals surface area (Å²) in [5, 5.41) is 4.42. The summed E-state index contributed by atoms with van der Waals surface area (Å²) >= 11 is 0. The zero-order valence-electron chi connectivity index (χ0n) is 19.4. The maximum absolute atomic E-state index is 13.2. The molecule has 0 spiro atoms. The number of halogens is 1. The Morgan fingerprint density at radius 3 is 2.51 bits per heavy atom. The lowest BCUT2D eigenvalue weighted by atomic mass is 10.1. The molecular weight excluding hydrogens is 449 g/mol. The van der Waals surface area contributed by atoms with Crippen LogP contribution in [0, 0.1) is 5.82 Å². The van der Waals surface area contributed by atoms with Crippen LogP contribution >= 0.6 is 0 Å². The highest BCUT2D eigenvalue weighted by Gasteiger charge is 2.23. The van der Waals surface area contributed by atoms with Gasteiger partial charge in [0.05, 0.1) is 18.5 Å². The molecule has 3 heterocycles. The Morgan fingerprint density at radius 2 is 1.77 bits per heavy atom. The van der Waals surface area contributed by atoms with Gasteiger partial charge in [0.1, 0.15) is 17.1 Å². The van der Waals surface area contributed by atoms with Crippen LogP contribution in [0.3, 0.4) is 0 Å². The minimum absolute atomic E-state index is 0.0250. The van der Waals surface area contributed by atoms with E-state index in [0.29, 0.717) is 24.3 Å². The fourth-order valence-electron chi connectivity index (χ4n) is 4.43. The number of piperazine rings is 1. The lowest BCUT2D eigenvalue weighted by molar-refractivity contribution is -0.131. The molecule has 1 fully saturated rings. The third kappa shape index (κ3) is 4.62. The van der Waals surface area contributed by atoms with Crippen LogP contribution in [0.1, 0.15) is 6.42 Å². The van der Waals surface area contributed by atoms with Crippen LogP contribution in [0.2, 0.25) is 0 Å². The van der Waals surface area contributed by atoms with Gasteiger partial charge in [0.15, 0.2) is 0 Å². The summed E-state index contributed by atoms with van der Waals surface area (Å²) in [5.41, 5.74) is 2.53. The fraction of sp³-hybridized carbons (Fsp3) is 0.269. The second-order valence-corrected chi connectivity index (χ2v) is 8.45. The fourth-order valence-corrected chi connectivity index (χ4v) is 4.43. The largest absolute Gasteiger partial charge is 0.495 e. The Balaban J connectivity index is 1.22. The molecule has 0 radical (unpaired) electrons. The number of carbonyl (C=O) groups is 1. The molecule has 180 valence electrons.